The molecule has 1 saturated heterocycles. The summed E-state index contributed by atoms with van der Waals surface area (Å²) in [6.45, 7) is 4.59. The lowest BCUT2D eigenvalue weighted by molar-refractivity contribution is -0.131. The van der Waals surface area contributed by atoms with Gasteiger partial charge in [0.15, 0.2) is 0 Å². The lowest BCUT2D eigenvalue weighted by atomic mass is 10.0. The molecule has 1 heterocycles. The number of rotatable bonds is 5. The van der Waals surface area contributed by atoms with Gasteiger partial charge in [-0.25, -0.2) is 0 Å². The van der Waals surface area contributed by atoms with Crippen LogP contribution in [-0.2, 0) is 20.8 Å². The van der Waals surface area contributed by atoms with Crippen molar-refractivity contribution in [1.29, 1.82) is 0 Å². The molecule has 2 unspecified atom stereocenters. The number of hydrogen-bond acceptors (Lipinski definition) is 4. The van der Waals surface area contributed by atoms with Crippen molar-refractivity contribution in [3.63, 3.8) is 0 Å². The summed E-state index contributed by atoms with van der Waals surface area (Å²) < 4.78 is 11.3. The fraction of sp³-hybridized carbons (Fsp3) is 0.562. The van der Waals surface area contributed by atoms with E-state index in [-0.39, 0.29) is 30.8 Å². The highest BCUT2D eigenvalue weighted by atomic mass is 16.5. The molecule has 5 heteroatoms. The van der Waals surface area contributed by atoms with Crippen molar-refractivity contribution in [2.45, 2.75) is 51.5 Å². The van der Waals surface area contributed by atoms with Gasteiger partial charge in [0.1, 0.15) is 6.61 Å². The zero-order valence-electron chi connectivity index (χ0n) is 12.7. The Morgan fingerprint density at radius 1 is 1.38 bits per heavy atom. The van der Waals surface area contributed by atoms with Crippen LogP contribution in [0.5, 0.6) is 0 Å². The zero-order valence-corrected chi connectivity index (χ0v) is 12.7. The Morgan fingerprint density at radius 3 is 2.76 bits per heavy atom. The van der Waals surface area contributed by atoms with Crippen molar-refractivity contribution in [2.24, 2.45) is 5.73 Å². The average Bonchev–Trinajstić information content (AvgIpc) is 2.44. The monoisotopic (exact) mass is 292 g/mol. The van der Waals surface area contributed by atoms with Gasteiger partial charge >= 0.3 is 0 Å². The maximum absolute atomic E-state index is 11.9. The molecule has 1 aliphatic heterocycles. The van der Waals surface area contributed by atoms with Crippen LogP contribution in [0.15, 0.2) is 24.3 Å². The van der Waals surface area contributed by atoms with Crippen molar-refractivity contribution in [2.75, 3.05) is 11.9 Å². The van der Waals surface area contributed by atoms with Crippen LogP contribution < -0.4 is 11.1 Å². The van der Waals surface area contributed by atoms with Gasteiger partial charge in [-0.3, -0.25) is 4.79 Å². The summed E-state index contributed by atoms with van der Waals surface area (Å²) in [4.78, 5) is 11.9. The summed E-state index contributed by atoms with van der Waals surface area (Å²) in [5.41, 5.74) is 7.32. The Balaban J connectivity index is 1.79. The molecular formula is C16H24N2O3. The predicted molar refractivity (Wildman–Crippen MR) is 81.9 cm³/mol. The largest absolute Gasteiger partial charge is 0.375 e. The van der Waals surface area contributed by atoms with Crippen LogP contribution in [0.25, 0.3) is 0 Å². The van der Waals surface area contributed by atoms with E-state index in [2.05, 4.69) is 5.32 Å². The lowest BCUT2D eigenvalue weighted by Crippen LogP contribution is -2.35. The number of nitrogens with two attached hydrogens (primary N) is 1. The van der Waals surface area contributed by atoms with Gasteiger partial charge in [-0.1, -0.05) is 12.1 Å². The Labute approximate surface area is 125 Å². The minimum atomic E-state index is -0.143. The molecule has 0 aliphatic carbocycles. The maximum atomic E-state index is 11.9. The molecular weight excluding hydrogens is 268 g/mol. The highest BCUT2D eigenvalue weighted by molar-refractivity contribution is 5.91. The van der Waals surface area contributed by atoms with Gasteiger partial charge in [0.25, 0.3) is 0 Å². The first-order chi connectivity index (χ1) is 10.1. The van der Waals surface area contributed by atoms with E-state index in [1.54, 1.807) is 0 Å². The first kappa shape index (κ1) is 15.9. The Morgan fingerprint density at radius 2 is 2.10 bits per heavy atom. The van der Waals surface area contributed by atoms with Crippen molar-refractivity contribution in [3.05, 3.63) is 29.8 Å². The minimum Gasteiger partial charge on any atom is -0.375 e. The van der Waals surface area contributed by atoms with Crippen LogP contribution in [-0.4, -0.2) is 30.8 Å². The molecule has 3 N–H and O–H groups in total. The third kappa shape index (κ3) is 5.12. The molecule has 1 amide bonds. The average molecular weight is 292 g/mol. The Bertz CT molecular complexity index is 468. The van der Waals surface area contributed by atoms with E-state index in [9.17, 15) is 4.79 Å². The van der Waals surface area contributed by atoms with Gasteiger partial charge < -0.3 is 20.5 Å². The third-order valence-corrected chi connectivity index (χ3v) is 3.55. The second-order valence-electron chi connectivity index (χ2n) is 5.61. The third-order valence-electron chi connectivity index (χ3n) is 3.55. The first-order valence-corrected chi connectivity index (χ1v) is 7.42. The second kappa shape index (κ2) is 7.54. The zero-order chi connectivity index (χ0) is 15.2. The van der Waals surface area contributed by atoms with Gasteiger partial charge in [-0.15, -0.1) is 0 Å². The van der Waals surface area contributed by atoms with Gasteiger partial charge in [0.05, 0.1) is 18.3 Å². The molecule has 2 atom stereocenters. The highest BCUT2D eigenvalue weighted by Gasteiger charge is 2.25. The summed E-state index contributed by atoms with van der Waals surface area (Å²) in [7, 11) is 0. The molecule has 1 aliphatic rings. The van der Waals surface area contributed by atoms with Gasteiger partial charge in [-0.2, -0.15) is 0 Å². The number of anilines is 1. The smallest absolute Gasteiger partial charge is 0.250 e. The number of ether oxygens (including phenoxy) is 2. The molecule has 0 aromatic heterocycles. The number of nitrogens with one attached hydrogen (secondary N) is 1. The fourth-order valence-corrected chi connectivity index (χ4v) is 2.65. The number of benzene rings is 1. The van der Waals surface area contributed by atoms with Gasteiger partial charge in [-0.05, 0) is 44.4 Å². The summed E-state index contributed by atoms with van der Waals surface area (Å²) in [6.07, 6.45) is 2.12. The molecule has 2 rings (SSSR count). The van der Waals surface area contributed by atoms with Crippen molar-refractivity contribution >= 4 is 11.6 Å². The summed E-state index contributed by atoms with van der Waals surface area (Å²) in [6, 6.07) is 7.52. The molecule has 1 aromatic rings. The van der Waals surface area contributed by atoms with E-state index in [0.717, 1.165) is 24.1 Å². The number of amides is 1. The second-order valence-corrected chi connectivity index (χ2v) is 5.61. The molecule has 0 radical (unpaired) electrons. The van der Waals surface area contributed by atoms with Gasteiger partial charge in [0.2, 0.25) is 5.91 Å². The van der Waals surface area contributed by atoms with Gasteiger partial charge in [0, 0.05) is 12.2 Å². The molecule has 0 spiro atoms. The summed E-state index contributed by atoms with van der Waals surface area (Å²) in [5.74, 6) is -0.143. The van der Waals surface area contributed by atoms with Crippen LogP contribution in [0.2, 0.25) is 0 Å². The van der Waals surface area contributed by atoms with Crippen LogP contribution in [0.4, 0.5) is 5.69 Å². The SMILES string of the molecule is CC1CC(OCC(=O)Nc2cccc(CN)c2)CC(C)O1. The van der Waals surface area contributed by atoms with E-state index < -0.39 is 0 Å². The Kier molecular flexibility index (Phi) is 5.73. The fourth-order valence-electron chi connectivity index (χ4n) is 2.65. The van der Waals surface area contributed by atoms with Crippen molar-refractivity contribution < 1.29 is 14.3 Å². The molecule has 21 heavy (non-hydrogen) atoms. The molecule has 0 bridgehead atoms. The van der Waals surface area contributed by atoms with E-state index in [4.69, 9.17) is 15.2 Å². The van der Waals surface area contributed by atoms with Crippen molar-refractivity contribution in [3.8, 4) is 0 Å². The van der Waals surface area contributed by atoms with Crippen LogP contribution in [0.1, 0.15) is 32.3 Å². The van der Waals surface area contributed by atoms with Crippen LogP contribution in [0, 0.1) is 0 Å². The standard InChI is InChI=1S/C16H24N2O3/c1-11-6-15(7-12(2)21-11)20-10-16(19)18-14-5-3-4-13(8-14)9-17/h3-5,8,11-12,15H,6-7,9-10,17H2,1-2H3,(H,18,19). The molecule has 1 aromatic carbocycles. The molecule has 0 saturated carbocycles. The topological polar surface area (TPSA) is 73.6 Å². The quantitative estimate of drug-likeness (QED) is 0.871. The normalized spacial score (nSPS) is 25.6. The summed E-state index contributed by atoms with van der Waals surface area (Å²) >= 11 is 0. The van der Waals surface area contributed by atoms with E-state index in [1.165, 1.54) is 0 Å². The molecule has 116 valence electrons. The van der Waals surface area contributed by atoms with Crippen LogP contribution >= 0.6 is 0 Å². The number of carbonyl (C=O) groups is 1. The minimum absolute atomic E-state index is 0.0664. The number of hydrogen-bond donors (Lipinski definition) is 2. The Hall–Kier alpha value is -1.43. The number of carbonyl (C=O) groups excluding carboxylic acids is 1. The van der Waals surface area contributed by atoms with Crippen LogP contribution in [0.3, 0.4) is 0 Å². The maximum Gasteiger partial charge on any atom is 0.250 e. The molecule has 5 nitrogen and oxygen atoms in total. The van der Waals surface area contributed by atoms with E-state index in [0.29, 0.717) is 6.54 Å². The highest BCUT2D eigenvalue weighted by Crippen LogP contribution is 2.21. The first-order valence-electron chi connectivity index (χ1n) is 7.42. The van der Waals surface area contributed by atoms with E-state index in [1.807, 2.05) is 38.1 Å². The molecule has 1 fully saturated rings. The lowest BCUT2D eigenvalue weighted by Gasteiger charge is -2.31. The van der Waals surface area contributed by atoms with Crippen molar-refractivity contribution in [1.82, 2.24) is 0 Å². The summed E-state index contributed by atoms with van der Waals surface area (Å²) in [5, 5.41) is 2.83. The predicted octanol–water partition coefficient (Wildman–Crippen LogP) is 2.06. The van der Waals surface area contributed by atoms with E-state index >= 15 is 0 Å².